The molecule has 0 atom stereocenters. The number of allylic oxidation sites excluding steroid dienone is 1. The summed E-state index contributed by atoms with van der Waals surface area (Å²) in [5.74, 6) is 0. The lowest BCUT2D eigenvalue weighted by molar-refractivity contribution is 0.372. The van der Waals surface area contributed by atoms with Crippen LogP contribution in [0.15, 0.2) is 11.6 Å². The van der Waals surface area contributed by atoms with Gasteiger partial charge in [-0.3, -0.25) is 4.52 Å². The van der Waals surface area contributed by atoms with Crippen molar-refractivity contribution >= 4 is 8.69 Å². The molecular weight excluding hydrogens is 159 g/mol. The van der Waals surface area contributed by atoms with Gasteiger partial charge in [0.05, 0.1) is 6.61 Å². The summed E-state index contributed by atoms with van der Waals surface area (Å²) < 4.78 is 14.7. The van der Waals surface area contributed by atoms with Gasteiger partial charge in [-0.05, 0) is 18.4 Å². The summed E-state index contributed by atoms with van der Waals surface area (Å²) in [7, 11) is -0.222. The van der Waals surface area contributed by atoms with Crippen molar-refractivity contribution in [3.05, 3.63) is 11.6 Å². The predicted molar refractivity (Wildman–Crippen MR) is 46.8 cm³/mol. The van der Waals surface area contributed by atoms with Gasteiger partial charge in [0.1, 0.15) is 0 Å². The van der Waals surface area contributed by atoms with E-state index in [1.54, 1.807) is 0 Å². The van der Waals surface area contributed by atoms with Crippen LogP contribution in [0.3, 0.4) is 0 Å². The molecule has 0 amide bonds. The van der Waals surface area contributed by atoms with E-state index in [2.05, 4.69) is 19.9 Å². The van der Waals surface area contributed by atoms with Crippen LogP contribution < -0.4 is 0 Å². The van der Waals surface area contributed by atoms with Crippen molar-refractivity contribution in [3.8, 4) is 0 Å². The van der Waals surface area contributed by atoms with Gasteiger partial charge >= 0.3 is 8.69 Å². The largest absolute Gasteiger partial charge is 0.327 e. The zero-order chi connectivity index (χ0) is 8.53. The van der Waals surface area contributed by atoms with E-state index in [9.17, 15) is 4.57 Å². The summed E-state index contributed by atoms with van der Waals surface area (Å²) in [5.41, 5.74) is 1.23. The second-order valence-corrected chi connectivity index (χ2v) is 2.76. The molecule has 0 saturated carbocycles. The van der Waals surface area contributed by atoms with Crippen molar-refractivity contribution in [2.45, 2.75) is 33.1 Å². The van der Waals surface area contributed by atoms with Gasteiger partial charge in [-0.2, -0.15) is 0 Å². The average molecular weight is 174 g/mol. The van der Waals surface area contributed by atoms with Crippen molar-refractivity contribution in [2.75, 3.05) is 6.61 Å². The van der Waals surface area contributed by atoms with Gasteiger partial charge < -0.3 is 0 Å². The zero-order valence-corrected chi connectivity index (χ0v) is 8.06. The maximum atomic E-state index is 9.95. The van der Waals surface area contributed by atoms with E-state index in [-0.39, 0.29) is 8.69 Å². The van der Waals surface area contributed by atoms with Crippen molar-refractivity contribution < 1.29 is 9.09 Å². The standard InChI is InChI=1S/C8H15O2P/c1-3-5-6-8(4-2)7-10-11-9/h6H,3-5,7H2,1-2H3. The first-order chi connectivity index (χ1) is 5.35. The van der Waals surface area contributed by atoms with Crippen LogP contribution in [0.2, 0.25) is 0 Å². The molecule has 2 nitrogen and oxygen atoms in total. The van der Waals surface area contributed by atoms with Crippen LogP contribution in [-0.4, -0.2) is 6.61 Å². The van der Waals surface area contributed by atoms with E-state index >= 15 is 0 Å². The van der Waals surface area contributed by atoms with E-state index < -0.39 is 0 Å². The Morgan fingerprint density at radius 2 is 2.27 bits per heavy atom. The Hall–Kier alpha value is -0.200. The van der Waals surface area contributed by atoms with E-state index in [1.807, 2.05) is 0 Å². The minimum absolute atomic E-state index is 0.222. The molecule has 0 aromatic carbocycles. The first-order valence-electron chi connectivity index (χ1n) is 3.97. The van der Waals surface area contributed by atoms with E-state index in [0.29, 0.717) is 6.61 Å². The molecule has 11 heavy (non-hydrogen) atoms. The summed E-state index contributed by atoms with van der Waals surface area (Å²) in [4.78, 5) is 0. The summed E-state index contributed by atoms with van der Waals surface area (Å²) in [6, 6.07) is 0. The number of rotatable bonds is 6. The van der Waals surface area contributed by atoms with E-state index in [1.165, 1.54) is 5.57 Å². The lowest BCUT2D eigenvalue weighted by atomic mass is 10.1. The Kier molecular flexibility index (Phi) is 7.76. The van der Waals surface area contributed by atoms with Gasteiger partial charge in [0.2, 0.25) is 0 Å². The first-order valence-corrected chi connectivity index (χ1v) is 4.70. The molecule has 0 aliphatic rings. The highest BCUT2D eigenvalue weighted by atomic mass is 31.1. The molecule has 0 N–H and O–H groups in total. The molecule has 0 aliphatic carbocycles. The van der Waals surface area contributed by atoms with Gasteiger partial charge in [-0.1, -0.05) is 26.3 Å². The third-order valence-electron chi connectivity index (χ3n) is 1.48. The second-order valence-electron chi connectivity index (χ2n) is 2.35. The molecule has 0 unspecified atom stereocenters. The molecule has 0 bridgehead atoms. The quantitative estimate of drug-likeness (QED) is 0.456. The molecule has 0 aromatic heterocycles. The van der Waals surface area contributed by atoms with E-state index in [0.717, 1.165) is 19.3 Å². The predicted octanol–water partition coefficient (Wildman–Crippen LogP) is 3.35. The molecule has 0 fully saturated rings. The van der Waals surface area contributed by atoms with Crippen molar-refractivity contribution in [1.29, 1.82) is 0 Å². The van der Waals surface area contributed by atoms with Gasteiger partial charge in [-0.25, -0.2) is 4.57 Å². The molecule has 0 radical (unpaired) electrons. The van der Waals surface area contributed by atoms with Gasteiger partial charge in [0, 0.05) is 0 Å². The Morgan fingerprint density at radius 3 is 2.73 bits per heavy atom. The lowest BCUT2D eigenvalue weighted by Gasteiger charge is -1.99. The van der Waals surface area contributed by atoms with Crippen LogP contribution in [0.5, 0.6) is 0 Å². The summed E-state index contributed by atoms with van der Waals surface area (Å²) in [6.45, 7) is 4.71. The van der Waals surface area contributed by atoms with Gasteiger partial charge in [-0.15, -0.1) is 0 Å². The molecule has 0 aromatic rings. The lowest BCUT2D eigenvalue weighted by Crippen LogP contribution is -1.89. The zero-order valence-electron chi connectivity index (χ0n) is 7.17. The van der Waals surface area contributed by atoms with Crippen LogP contribution in [-0.2, 0) is 9.09 Å². The normalized spacial score (nSPS) is 12.4. The molecule has 0 spiro atoms. The minimum atomic E-state index is -0.222. The third kappa shape index (κ3) is 6.21. The molecule has 0 rings (SSSR count). The second kappa shape index (κ2) is 7.90. The Morgan fingerprint density at radius 1 is 1.55 bits per heavy atom. The first kappa shape index (κ1) is 10.8. The van der Waals surface area contributed by atoms with Crippen molar-refractivity contribution in [3.63, 3.8) is 0 Å². The van der Waals surface area contributed by atoms with Crippen LogP contribution in [0.1, 0.15) is 33.1 Å². The smallest absolute Gasteiger partial charge is 0.290 e. The highest BCUT2D eigenvalue weighted by molar-refractivity contribution is 7.17. The van der Waals surface area contributed by atoms with Crippen LogP contribution in [0.4, 0.5) is 0 Å². The molecule has 0 heterocycles. The molecule has 64 valence electrons. The maximum absolute atomic E-state index is 9.95. The molecular formula is C8H15O2P. The monoisotopic (exact) mass is 174 g/mol. The molecule has 0 aliphatic heterocycles. The van der Waals surface area contributed by atoms with E-state index in [4.69, 9.17) is 4.52 Å². The molecule has 3 heteroatoms. The Labute approximate surface area is 69.9 Å². The van der Waals surface area contributed by atoms with Crippen molar-refractivity contribution in [2.24, 2.45) is 0 Å². The summed E-state index contributed by atoms with van der Waals surface area (Å²) in [5, 5.41) is 0. The highest BCUT2D eigenvalue weighted by Gasteiger charge is 1.92. The Balaban J connectivity index is 3.63. The fraction of sp³-hybridized carbons (Fsp3) is 0.750. The van der Waals surface area contributed by atoms with Crippen molar-refractivity contribution in [1.82, 2.24) is 0 Å². The van der Waals surface area contributed by atoms with Crippen LogP contribution in [0.25, 0.3) is 0 Å². The maximum Gasteiger partial charge on any atom is 0.327 e. The minimum Gasteiger partial charge on any atom is -0.290 e. The highest BCUT2D eigenvalue weighted by Crippen LogP contribution is 2.07. The fourth-order valence-electron chi connectivity index (χ4n) is 0.763. The average Bonchev–Trinajstić information content (AvgIpc) is 2.05. The summed E-state index contributed by atoms with van der Waals surface area (Å²) in [6.07, 6.45) is 5.38. The number of unbranched alkanes of at least 4 members (excludes halogenated alkanes) is 1. The number of hydrogen-bond acceptors (Lipinski definition) is 2. The Bertz CT molecular complexity index is 132. The van der Waals surface area contributed by atoms with Crippen LogP contribution >= 0.6 is 8.69 Å². The van der Waals surface area contributed by atoms with Gasteiger partial charge in [0.15, 0.2) is 0 Å². The number of hydrogen-bond donors (Lipinski definition) is 0. The summed E-state index contributed by atoms with van der Waals surface area (Å²) >= 11 is 0. The molecule has 0 saturated heterocycles. The SMILES string of the molecule is CCCC=C(CC)COP=O. The van der Waals surface area contributed by atoms with Gasteiger partial charge in [0.25, 0.3) is 0 Å². The third-order valence-corrected chi connectivity index (χ3v) is 1.71. The van der Waals surface area contributed by atoms with Crippen LogP contribution in [0, 0.1) is 0 Å². The topological polar surface area (TPSA) is 26.3 Å². The fourth-order valence-corrected chi connectivity index (χ4v) is 0.982.